The van der Waals surface area contributed by atoms with Gasteiger partial charge in [0.15, 0.2) is 11.0 Å². The molecule has 0 aliphatic heterocycles. The number of hydrogen-bond acceptors (Lipinski definition) is 4. The van der Waals surface area contributed by atoms with E-state index < -0.39 is 0 Å². The number of carbonyl (C=O) groups is 1. The van der Waals surface area contributed by atoms with E-state index in [0.717, 1.165) is 37.1 Å². The number of hydrogen-bond donors (Lipinski definition) is 1. The molecule has 0 unspecified atom stereocenters. The Labute approximate surface area is 118 Å². The molecule has 1 aromatic heterocycles. The minimum Gasteiger partial charge on any atom is -0.368 e. The summed E-state index contributed by atoms with van der Waals surface area (Å²) in [6.45, 7) is 3.90. The normalized spacial score (nSPS) is 15.7. The fourth-order valence-electron chi connectivity index (χ4n) is 2.51. The molecule has 1 aliphatic carbocycles. The molecule has 0 bridgehead atoms. The quantitative estimate of drug-likeness (QED) is 0.916. The van der Waals surface area contributed by atoms with E-state index in [-0.39, 0.29) is 18.5 Å². The predicted octanol–water partition coefficient (Wildman–Crippen LogP) is 1.98. The average molecular weight is 283 g/mol. The number of primary amides is 1. The summed E-state index contributed by atoms with van der Waals surface area (Å²) in [5.41, 5.74) is 6.98. The van der Waals surface area contributed by atoms with Gasteiger partial charge in [-0.05, 0) is 26.7 Å². The molecule has 0 aromatic carbocycles. The van der Waals surface area contributed by atoms with Gasteiger partial charge in [0.1, 0.15) is 0 Å². The smallest absolute Gasteiger partial charge is 0.237 e. The van der Waals surface area contributed by atoms with Crippen LogP contribution in [0.3, 0.4) is 0 Å². The van der Waals surface area contributed by atoms with Crippen molar-refractivity contribution in [1.29, 1.82) is 0 Å². The molecule has 5 nitrogen and oxygen atoms in total. The third-order valence-corrected chi connectivity index (χ3v) is 3.86. The number of rotatable bonds is 4. The molecule has 19 heavy (non-hydrogen) atoms. The van der Waals surface area contributed by atoms with Crippen LogP contribution in [0.2, 0.25) is 5.15 Å². The van der Waals surface area contributed by atoms with E-state index in [1.54, 1.807) is 0 Å². The van der Waals surface area contributed by atoms with Crippen molar-refractivity contribution in [3.8, 4) is 0 Å². The first kappa shape index (κ1) is 14.1. The highest BCUT2D eigenvalue weighted by atomic mass is 35.5. The third kappa shape index (κ3) is 3.15. The molecule has 0 radical (unpaired) electrons. The van der Waals surface area contributed by atoms with Crippen LogP contribution in [0.1, 0.15) is 37.1 Å². The van der Waals surface area contributed by atoms with E-state index in [4.69, 9.17) is 17.3 Å². The number of amides is 1. The molecule has 6 heteroatoms. The fraction of sp³-hybridized carbons (Fsp3) is 0.615. The Morgan fingerprint density at radius 1 is 1.32 bits per heavy atom. The van der Waals surface area contributed by atoms with E-state index in [2.05, 4.69) is 9.97 Å². The third-order valence-electron chi connectivity index (χ3n) is 3.61. The lowest BCUT2D eigenvalue weighted by Gasteiger charge is -2.29. The van der Waals surface area contributed by atoms with Gasteiger partial charge in [0.05, 0.1) is 17.9 Å². The molecule has 0 atom stereocenters. The van der Waals surface area contributed by atoms with Crippen molar-refractivity contribution in [1.82, 2.24) is 9.97 Å². The summed E-state index contributed by atoms with van der Waals surface area (Å²) in [5, 5.41) is 0.344. The second-order valence-corrected chi connectivity index (χ2v) is 5.40. The van der Waals surface area contributed by atoms with Crippen LogP contribution in [-0.4, -0.2) is 28.5 Å². The first-order valence-electron chi connectivity index (χ1n) is 6.54. The molecular formula is C13H19ClN4O. The summed E-state index contributed by atoms with van der Waals surface area (Å²) < 4.78 is 0. The van der Waals surface area contributed by atoms with Gasteiger partial charge in [-0.2, -0.15) is 0 Å². The number of carbonyl (C=O) groups excluding carboxylic acids is 1. The molecule has 1 aromatic rings. The Kier molecular flexibility index (Phi) is 4.24. The molecule has 2 N–H and O–H groups in total. The highest BCUT2D eigenvalue weighted by Gasteiger charge is 2.27. The van der Waals surface area contributed by atoms with Gasteiger partial charge in [0.2, 0.25) is 5.91 Å². The van der Waals surface area contributed by atoms with E-state index in [1.165, 1.54) is 0 Å². The number of nitrogens with two attached hydrogens (primary N) is 1. The average Bonchev–Trinajstić information content (AvgIpc) is 2.84. The minimum absolute atomic E-state index is 0.140. The summed E-state index contributed by atoms with van der Waals surface area (Å²) in [7, 11) is 0. The topological polar surface area (TPSA) is 72.1 Å². The number of anilines is 1. The Morgan fingerprint density at radius 3 is 2.47 bits per heavy atom. The van der Waals surface area contributed by atoms with Crippen molar-refractivity contribution in [2.45, 2.75) is 45.6 Å². The molecule has 1 amide bonds. The molecule has 1 fully saturated rings. The second-order valence-electron chi connectivity index (χ2n) is 5.04. The number of nitrogens with zero attached hydrogens (tertiary/aromatic N) is 3. The molecule has 2 rings (SSSR count). The summed E-state index contributed by atoms with van der Waals surface area (Å²) >= 11 is 6.19. The Hall–Kier alpha value is -1.36. The second kappa shape index (κ2) is 5.74. The largest absolute Gasteiger partial charge is 0.368 e. The first-order valence-corrected chi connectivity index (χ1v) is 6.92. The van der Waals surface area contributed by atoms with Crippen LogP contribution >= 0.6 is 11.6 Å². The highest BCUT2D eigenvalue weighted by molar-refractivity contribution is 6.31. The predicted molar refractivity (Wildman–Crippen MR) is 75.3 cm³/mol. The molecule has 0 saturated heterocycles. The fourth-order valence-corrected chi connectivity index (χ4v) is 2.79. The van der Waals surface area contributed by atoms with Crippen molar-refractivity contribution in [2.24, 2.45) is 5.73 Å². The van der Waals surface area contributed by atoms with E-state index in [9.17, 15) is 4.79 Å². The highest BCUT2D eigenvalue weighted by Crippen LogP contribution is 2.30. The molecule has 1 aliphatic rings. The molecule has 104 valence electrons. The maximum atomic E-state index is 11.3. The van der Waals surface area contributed by atoms with Crippen LogP contribution in [0.4, 0.5) is 5.82 Å². The number of halogens is 1. The first-order chi connectivity index (χ1) is 8.99. The van der Waals surface area contributed by atoms with Crippen molar-refractivity contribution in [3.05, 3.63) is 16.5 Å². The number of aryl methyl sites for hydroxylation is 2. The lowest BCUT2D eigenvalue weighted by molar-refractivity contribution is -0.116. The monoisotopic (exact) mass is 282 g/mol. The zero-order valence-corrected chi connectivity index (χ0v) is 12.1. The Bertz CT molecular complexity index is 486. The van der Waals surface area contributed by atoms with Gasteiger partial charge in [0, 0.05) is 6.04 Å². The maximum absolute atomic E-state index is 11.3. The zero-order chi connectivity index (χ0) is 14.0. The molecule has 1 saturated carbocycles. The van der Waals surface area contributed by atoms with E-state index >= 15 is 0 Å². The lowest BCUT2D eigenvalue weighted by Crippen LogP contribution is -2.41. The van der Waals surface area contributed by atoms with Gasteiger partial charge in [-0.3, -0.25) is 4.79 Å². The van der Waals surface area contributed by atoms with E-state index in [0.29, 0.717) is 11.0 Å². The van der Waals surface area contributed by atoms with Crippen molar-refractivity contribution >= 4 is 23.3 Å². The maximum Gasteiger partial charge on any atom is 0.237 e. The van der Waals surface area contributed by atoms with Crippen LogP contribution in [0.15, 0.2) is 0 Å². The van der Waals surface area contributed by atoms with Gasteiger partial charge in [0.25, 0.3) is 0 Å². The molecule has 1 heterocycles. The van der Waals surface area contributed by atoms with Crippen LogP contribution in [0.25, 0.3) is 0 Å². The Morgan fingerprint density at radius 2 is 1.89 bits per heavy atom. The summed E-state index contributed by atoms with van der Waals surface area (Å²) in [6.07, 6.45) is 4.40. The SMILES string of the molecule is Cc1nc(Cl)c(N(CC(N)=O)C2CCCC2)nc1C. The van der Waals surface area contributed by atoms with Gasteiger partial charge < -0.3 is 10.6 Å². The Balaban J connectivity index is 2.36. The van der Waals surface area contributed by atoms with Gasteiger partial charge >= 0.3 is 0 Å². The van der Waals surface area contributed by atoms with Gasteiger partial charge in [-0.1, -0.05) is 24.4 Å². The van der Waals surface area contributed by atoms with Crippen LogP contribution in [0, 0.1) is 13.8 Å². The summed E-state index contributed by atoms with van der Waals surface area (Å²) in [6, 6.07) is 0.279. The van der Waals surface area contributed by atoms with Crippen LogP contribution in [0.5, 0.6) is 0 Å². The van der Waals surface area contributed by atoms with Crippen molar-refractivity contribution < 1.29 is 4.79 Å². The lowest BCUT2D eigenvalue weighted by atomic mass is 10.2. The van der Waals surface area contributed by atoms with Gasteiger partial charge in [-0.15, -0.1) is 0 Å². The van der Waals surface area contributed by atoms with Crippen molar-refractivity contribution in [2.75, 3.05) is 11.4 Å². The minimum atomic E-state index is -0.372. The van der Waals surface area contributed by atoms with Crippen molar-refractivity contribution in [3.63, 3.8) is 0 Å². The van der Waals surface area contributed by atoms with Crippen LogP contribution in [-0.2, 0) is 4.79 Å². The van der Waals surface area contributed by atoms with Crippen LogP contribution < -0.4 is 10.6 Å². The number of aromatic nitrogens is 2. The molecular weight excluding hydrogens is 264 g/mol. The summed E-state index contributed by atoms with van der Waals surface area (Å²) in [5.74, 6) is 0.207. The van der Waals surface area contributed by atoms with Gasteiger partial charge in [-0.25, -0.2) is 9.97 Å². The molecule has 0 spiro atoms. The zero-order valence-electron chi connectivity index (χ0n) is 11.3. The standard InChI is InChI=1S/C13H19ClN4O/c1-8-9(2)17-13(12(14)16-8)18(7-11(15)19)10-5-3-4-6-10/h10H,3-7H2,1-2H3,(H2,15,19). The summed E-state index contributed by atoms with van der Waals surface area (Å²) in [4.78, 5) is 22.0. The van der Waals surface area contributed by atoms with E-state index in [1.807, 2.05) is 18.7 Å².